The van der Waals surface area contributed by atoms with Crippen LogP contribution in [0, 0.1) is 0 Å². The van der Waals surface area contributed by atoms with Crippen LogP contribution in [0.5, 0.6) is 0 Å². The predicted molar refractivity (Wildman–Crippen MR) is 120 cm³/mol. The van der Waals surface area contributed by atoms with E-state index in [2.05, 4.69) is 57.9 Å². The Bertz CT molecular complexity index is 903. The molecule has 0 saturated heterocycles. The number of hydrogen-bond acceptors (Lipinski definition) is 5. The predicted octanol–water partition coefficient (Wildman–Crippen LogP) is 4.63. The third kappa shape index (κ3) is 6.06. The summed E-state index contributed by atoms with van der Waals surface area (Å²) in [6.07, 6.45) is 0.719. The van der Waals surface area contributed by atoms with Gasteiger partial charge in [0, 0.05) is 23.9 Å². The van der Waals surface area contributed by atoms with Crippen molar-refractivity contribution in [1.82, 2.24) is 19.7 Å². The highest BCUT2D eigenvalue weighted by molar-refractivity contribution is 7.99. The molecule has 0 fully saturated rings. The van der Waals surface area contributed by atoms with E-state index in [0.29, 0.717) is 17.5 Å². The lowest BCUT2D eigenvalue weighted by atomic mass is 10.0. The van der Waals surface area contributed by atoms with Crippen LogP contribution in [0.25, 0.3) is 5.69 Å². The van der Waals surface area contributed by atoms with E-state index in [9.17, 15) is 0 Å². The molecule has 3 rings (SSSR count). The maximum Gasteiger partial charge on any atom is 0.195 e. The van der Waals surface area contributed by atoms with E-state index in [4.69, 9.17) is 16.7 Å². The Labute approximate surface area is 181 Å². The molecule has 0 aliphatic carbocycles. The molecule has 0 saturated carbocycles. The van der Waals surface area contributed by atoms with Gasteiger partial charge in [0.1, 0.15) is 0 Å². The smallest absolute Gasteiger partial charge is 0.195 e. The van der Waals surface area contributed by atoms with Crippen molar-refractivity contribution in [3.05, 3.63) is 71.0 Å². The molecule has 0 aliphatic rings. The molecule has 0 spiro atoms. The Morgan fingerprint density at radius 3 is 2.66 bits per heavy atom. The first-order valence-corrected chi connectivity index (χ1v) is 11.1. The Morgan fingerprint density at radius 1 is 1.14 bits per heavy atom. The first-order valence-electron chi connectivity index (χ1n) is 9.76. The Morgan fingerprint density at radius 2 is 1.93 bits per heavy atom. The second-order valence-corrected chi connectivity index (χ2v) is 8.65. The Kier molecular flexibility index (Phi) is 8.12. The van der Waals surface area contributed by atoms with E-state index >= 15 is 0 Å². The summed E-state index contributed by atoms with van der Waals surface area (Å²) in [6, 6.07) is 18.3. The van der Waals surface area contributed by atoms with E-state index < -0.39 is 0 Å². The summed E-state index contributed by atoms with van der Waals surface area (Å²) in [4.78, 5) is 2.27. The standard InChI is InChI=1S/C22H27ClN4OS/c1-17(18-8-4-3-5-9-18)15-26(2)16-21-24-25-22(29-13-7-12-28)27(21)20-11-6-10-19(23)14-20/h3-6,8-11,14,17,28H,7,12-13,15-16H2,1-2H3. The van der Waals surface area contributed by atoms with Gasteiger partial charge in [0.2, 0.25) is 0 Å². The van der Waals surface area contributed by atoms with Crippen LogP contribution in [-0.2, 0) is 6.54 Å². The van der Waals surface area contributed by atoms with Crippen LogP contribution < -0.4 is 0 Å². The second-order valence-electron chi connectivity index (χ2n) is 7.15. The van der Waals surface area contributed by atoms with Crippen molar-refractivity contribution in [2.75, 3.05) is 26.0 Å². The molecule has 0 radical (unpaired) electrons. The molecule has 1 N–H and O–H groups in total. The SMILES string of the molecule is CC(CN(C)Cc1nnc(SCCCO)n1-c1cccc(Cl)c1)c1ccccc1. The summed E-state index contributed by atoms with van der Waals surface area (Å²) in [7, 11) is 2.11. The molecule has 3 aromatic rings. The van der Waals surface area contributed by atoms with E-state index in [-0.39, 0.29) is 6.61 Å². The number of nitrogens with zero attached hydrogens (tertiary/aromatic N) is 4. The van der Waals surface area contributed by atoms with Crippen molar-refractivity contribution in [2.45, 2.75) is 31.0 Å². The highest BCUT2D eigenvalue weighted by Gasteiger charge is 2.17. The molecule has 1 atom stereocenters. The van der Waals surface area contributed by atoms with Crippen LogP contribution in [0.4, 0.5) is 0 Å². The topological polar surface area (TPSA) is 54.2 Å². The molecule has 1 heterocycles. The van der Waals surface area contributed by atoms with Crippen molar-refractivity contribution in [3.8, 4) is 5.69 Å². The monoisotopic (exact) mass is 430 g/mol. The van der Waals surface area contributed by atoms with Gasteiger partial charge < -0.3 is 5.11 Å². The number of hydrogen-bond donors (Lipinski definition) is 1. The van der Waals surface area contributed by atoms with E-state index in [1.165, 1.54) is 5.56 Å². The fraction of sp³-hybridized carbons (Fsp3) is 0.364. The van der Waals surface area contributed by atoms with Gasteiger partial charge in [-0.05, 0) is 43.1 Å². The maximum absolute atomic E-state index is 9.09. The Hall–Kier alpha value is -1.86. The lowest BCUT2D eigenvalue weighted by Gasteiger charge is -2.21. The minimum atomic E-state index is 0.172. The number of likely N-dealkylation sites (N-methyl/N-ethyl adjacent to an activating group) is 1. The number of rotatable bonds is 10. The minimum absolute atomic E-state index is 0.172. The van der Waals surface area contributed by atoms with Gasteiger partial charge in [-0.1, -0.05) is 66.7 Å². The molecule has 7 heteroatoms. The average molecular weight is 431 g/mol. The lowest BCUT2D eigenvalue weighted by Crippen LogP contribution is -2.25. The van der Waals surface area contributed by atoms with Crippen molar-refractivity contribution in [2.24, 2.45) is 0 Å². The quantitative estimate of drug-likeness (QED) is 0.375. The number of halogens is 1. The van der Waals surface area contributed by atoms with Crippen molar-refractivity contribution >= 4 is 23.4 Å². The number of benzene rings is 2. The molecular formula is C22H27ClN4OS. The third-order valence-corrected chi connectivity index (χ3v) is 5.92. The summed E-state index contributed by atoms with van der Waals surface area (Å²) in [5.74, 6) is 2.08. The molecule has 5 nitrogen and oxygen atoms in total. The molecule has 1 unspecified atom stereocenters. The zero-order chi connectivity index (χ0) is 20.6. The molecule has 0 bridgehead atoms. The normalized spacial score (nSPS) is 12.4. The van der Waals surface area contributed by atoms with Crippen LogP contribution in [0.3, 0.4) is 0 Å². The van der Waals surface area contributed by atoms with E-state index in [0.717, 1.165) is 35.4 Å². The molecule has 0 amide bonds. The van der Waals surface area contributed by atoms with Gasteiger partial charge in [0.15, 0.2) is 11.0 Å². The molecule has 2 aromatic carbocycles. The lowest BCUT2D eigenvalue weighted by molar-refractivity contribution is 0.296. The van der Waals surface area contributed by atoms with Gasteiger partial charge in [-0.25, -0.2) is 0 Å². The van der Waals surface area contributed by atoms with Gasteiger partial charge in [0.25, 0.3) is 0 Å². The molecule has 154 valence electrons. The third-order valence-electron chi connectivity index (χ3n) is 4.67. The van der Waals surface area contributed by atoms with Crippen LogP contribution in [-0.4, -0.2) is 50.7 Å². The van der Waals surface area contributed by atoms with Crippen LogP contribution in [0.15, 0.2) is 59.8 Å². The minimum Gasteiger partial charge on any atom is -0.396 e. The highest BCUT2D eigenvalue weighted by Crippen LogP contribution is 2.25. The Balaban J connectivity index is 1.79. The van der Waals surface area contributed by atoms with Gasteiger partial charge in [0.05, 0.1) is 12.2 Å². The summed E-state index contributed by atoms with van der Waals surface area (Å²) < 4.78 is 2.07. The zero-order valence-electron chi connectivity index (χ0n) is 16.8. The number of thioether (sulfide) groups is 1. The average Bonchev–Trinajstić information content (AvgIpc) is 3.11. The summed E-state index contributed by atoms with van der Waals surface area (Å²) in [6.45, 7) is 4.01. The first-order chi connectivity index (χ1) is 14.1. The highest BCUT2D eigenvalue weighted by atomic mass is 35.5. The van der Waals surface area contributed by atoms with Crippen LogP contribution in [0.1, 0.15) is 30.7 Å². The van der Waals surface area contributed by atoms with Crippen molar-refractivity contribution in [1.29, 1.82) is 0 Å². The fourth-order valence-electron chi connectivity index (χ4n) is 3.26. The molecule has 29 heavy (non-hydrogen) atoms. The first kappa shape index (κ1) is 21.8. The summed E-state index contributed by atoms with van der Waals surface area (Å²) >= 11 is 7.83. The van der Waals surface area contributed by atoms with Crippen LogP contribution >= 0.6 is 23.4 Å². The molecule has 1 aromatic heterocycles. The van der Waals surface area contributed by atoms with E-state index in [1.807, 2.05) is 30.3 Å². The number of aliphatic hydroxyl groups excluding tert-OH is 1. The van der Waals surface area contributed by atoms with Crippen LogP contribution in [0.2, 0.25) is 5.02 Å². The van der Waals surface area contributed by atoms with Crippen molar-refractivity contribution < 1.29 is 5.11 Å². The zero-order valence-corrected chi connectivity index (χ0v) is 18.4. The van der Waals surface area contributed by atoms with E-state index in [1.54, 1.807) is 11.8 Å². The van der Waals surface area contributed by atoms with Crippen molar-refractivity contribution in [3.63, 3.8) is 0 Å². The molecule has 0 aliphatic heterocycles. The second kappa shape index (κ2) is 10.8. The largest absolute Gasteiger partial charge is 0.396 e. The number of aliphatic hydroxyl groups is 1. The maximum atomic E-state index is 9.09. The summed E-state index contributed by atoms with van der Waals surface area (Å²) in [5.41, 5.74) is 2.28. The van der Waals surface area contributed by atoms with Gasteiger partial charge in [-0.2, -0.15) is 0 Å². The van der Waals surface area contributed by atoms with Gasteiger partial charge in [-0.3, -0.25) is 9.47 Å². The fourth-order valence-corrected chi connectivity index (χ4v) is 4.34. The summed E-state index contributed by atoms with van der Waals surface area (Å²) in [5, 5.41) is 19.5. The van der Waals surface area contributed by atoms with Gasteiger partial charge in [-0.15, -0.1) is 10.2 Å². The molecular weight excluding hydrogens is 404 g/mol. The number of aromatic nitrogens is 3. The van der Waals surface area contributed by atoms with Gasteiger partial charge >= 0.3 is 0 Å².